The Hall–Kier alpha value is -0.0400. The zero-order valence-electron chi connectivity index (χ0n) is 7.77. The molecule has 0 bridgehead atoms. The molecule has 1 aliphatic heterocycles. The SMILES string of the molecule is CCCC12CCN(C)CC1C2. The molecule has 2 aliphatic rings. The van der Waals surface area contributed by atoms with Crippen LogP contribution in [0, 0.1) is 11.3 Å². The first-order valence-electron chi connectivity index (χ1n) is 4.95. The highest BCUT2D eigenvalue weighted by atomic mass is 15.1. The van der Waals surface area contributed by atoms with E-state index in [0.29, 0.717) is 0 Å². The lowest BCUT2D eigenvalue weighted by molar-refractivity contribution is 0.202. The van der Waals surface area contributed by atoms with Gasteiger partial charge in [-0.3, -0.25) is 0 Å². The highest BCUT2D eigenvalue weighted by Crippen LogP contribution is 2.60. The first kappa shape index (κ1) is 7.60. The summed E-state index contributed by atoms with van der Waals surface area (Å²) in [6, 6.07) is 0. The van der Waals surface area contributed by atoms with Gasteiger partial charge in [-0.05, 0) is 44.2 Å². The number of hydrogen-bond donors (Lipinski definition) is 0. The number of likely N-dealkylation sites (tertiary alicyclic amines) is 1. The van der Waals surface area contributed by atoms with Gasteiger partial charge in [0, 0.05) is 6.54 Å². The third kappa shape index (κ3) is 1.20. The van der Waals surface area contributed by atoms with E-state index in [1.807, 2.05) is 0 Å². The van der Waals surface area contributed by atoms with Crippen molar-refractivity contribution in [2.45, 2.75) is 32.6 Å². The van der Waals surface area contributed by atoms with Crippen molar-refractivity contribution in [3.8, 4) is 0 Å². The molecule has 2 atom stereocenters. The van der Waals surface area contributed by atoms with E-state index >= 15 is 0 Å². The van der Waals surface area contributed by atoms with Gasteiger partial charge in [-0.2, -0.15) is 0 Å². The maximum Gasteiger partial charge on any atom is 0.00121 e. The average molecular weight is 153 g/mol. The topological polar surface area (TPSA) is 3.24 Å². The second-order valence-electron chi connectivity index (χ2n) is 4.53. The summed E-state index contributed by atoms with van der Waals surface area (Å²) < 4.78 is 0. The highest BCUT2D eigenvalue weighted by molar-refractivity contribution is 5.05. The molecule has 0 spiro atoms. The molecule has 0 amide bonds. The smallest absolute Gasteiger partial charge is 0.00121 e. The summed E-state index contributed by atoms with van der Waals surface area (Å²) in [6.45, 7) is 5.04. The summed E-state index contributed by atoms with van der Waals surface area (Å²) >= 11 is 0. The van der Waals surface area contributed by atoms with E-state index in [4.69, 9.17) is 0 Å². The lowest BCUT2D eigenvalue weighted by atomic mass is 9.91. The molecule has 2 rings (SSSR count). The molecule has 1 nitrogen and oxygen atoms in total. The molecule has 0 radical (unpaired) electrons. The summed E-state index contributed by atoms with van der Waals surface area (Å²) in [4.78, 5) is 2.49. The van der Waals surface area contributed by atoms with Crippen molar-refractivity contribution in [2.24, 2.45) is 11.3 Å². The largest absolute Gasteiger partial charge is 0.306 e. The minimum absolute atomic E-state index is 0.835. The van der Waals surface area contributed by atoms with Crippen LogP contribution >= 0.6 is 0 Å². The van der Waals surface area contributed by atoms with Crippen molar-refractivity contribution in [2.75, 3.05) is 20.1 Å². The summed E-state index contributed by atoms with van der Waals surface area (Å²) in [5, 5.41) is 0. The maximum absolute atomic E-state index is 2.49. The van der Waals surface area contributed by atoms with Crippen LogP contribution < -0.4 is 0 Å². The van der Waals surface area contributed by atoms with Crippen LogP contribution in [0.15, 0.2) is 0 Å². The summed E-state index contributed by atoms with van der Waals surface area (Å²) in [7, 11) is 2.26. The van der Waals surface area contributed by atoms with Gasteiger partial charge in [0.15, 0.2) is 0 Å². The first-order chi connectivity index (χ1) is 5.27. The first-order valence-corrected chi connectivity index (χ1v) is 4.95. The Bertz CT molecular complexity index is 155. The molecule has 1 heteroatoms. The molecule has 0 N–H and O–H groups in total. The Morgan fingerprint density at radius 2 is 2.36 bits per heavy atom. The fourth-order valence-electron chi connectivity index (χ4n) is 2.81. The molecule has 0 aromatic rings. The zero-order valence-corrected chi connectivity index (χ0v) is 7.77. The minimum Gasteiger partial charge on any atom is -0.306 e. The quantitative estimate of drug-likeness (QED) is 0.587. The van der Waals surface area contributed by atoms with Crippen LogP contribution in [0.4, 0.5) is 0 Å². The third-order valence-corrected chi connectivity index (χ3v) is 3.63. The van der Waals surface area contributed by atoms with Crippen LogP contribution in [0.25, 0.3) is 0 Å². The van der Waals surface area contributed by atoms with Gasteiger partial charge in [0.25, 0.3) is 0 Å². The summed E-state index contributed by atoms with van der Waals surface area (Å²) in [5.74, 6) is 1.07. The predicted molar refractivity (Wildman–Crippen MR) is 47.6 cm³/mol. The average Bonchev–Trinajstić information content (AvgIpc) is 2.63. The van der Waals surface area contributed by atoms with Gasteiger partial charge in [-0.15, -0.1) is 0 Å². The summed E-state index contributed by atoms with van der Waals surface area (Å²) in [5.41, 5.74) is 0.835. The molecular formula is C10H19N. The molecule has 11 heavy (non-hydrogen) atoms. The maximum atomic E-state index is 2.49. The molecular weight excluding hydrogens is 134 g/mol. The van der Waals surface area contributed by atoms with E-state index in [0.717, 1.165) is 11.3 Å². The molecule has 1 heterocycles. The van der Waals surface area contributed by atoms with E-state index in [2.05, 4.69) is 18.9 Å². The zero-order chi connectivity index (χ0) is 7.90. The van der Waals surface area contributed by atoms with E-state index in [1.54, 1.807) is 0 Å². The number of piperidine rings is 1. The Labute approximate surface area is 69.8 Å². The van der Waals surface area contributed by atoms with Crippen molar-refractivity contribution < 1.29 is 0 Å². The number of hydrogen-bond acceptors (Lipinski definition) is 1. The Kier molecular flexibility index (Phi) is 1.71. The number of nitrogens with zero attached hydrogens (tertiary/aromatic N) is 1. The Morgan fingerprint density at radius 3 is 3.00 bits per heavy atom. The van der Waals surface area contributed by atoms with E-state index in [9.17, 15) is 0 Å². The molecule has 64 valence electrons. The Balaban J connectivity index is 1.92. The van der Waals surface area contributed by atoms with Gasteiger partial charge in [0.1, 0.15) is 0 Å². The second-order valence-corrected chi connectivity index (χ2v) is 4.53. The molecule has 0 aromatic heterocycles. The van der Waals surface area contributed by atoms with Crippen LogP contribution in [0.2, 0.25) is 0 Å². The number of rotatable bonds is 2. The highest BCUT2D eigenvalue weighted by Gasteiger charge is 2.54. The van der Waals surface area contributed by atoms with Crippen LogP contribution in [-0.4, -0.2) is 25.0 Å². The molecule has 0 aromatic carbocycles. The van der Waals surface area contributed by atoms with Gasteiger partial charge in [0.05, 0.1) is 0 Å². The molecule has 1 saturated heterocycles. The molecule has 1 saturated carbocycles. The normalized spacial score (nSPS) is 43.6. The monoisotopic (exact) mass is 153 g/mol. The lowest BCUT2D eigenvalue weighted by Crippen LogP contribution is -2.31. The van der Waals surface area contributed by atoms with Gasteiger partial charge in [-0.25, -0.2) is 0 Å². The lowest BCUT2D eigenvalue weighted by Gasteiger charge is -2.28. The van der Waals surface area contributed by atoms with Crippen LogP contribution in [0.1, 0.15) is 32.6 Å². The van der Waals surface area contributed by atoms with Crippen molar-refractivity contribution in [1.82, 2.24) is 4.90 Å². The van der Waals surface area contributed by atoms with Crippen molar-refractivity contribution >= 4 is 0 Å². The Morgan fingerprint density at radius 1 is 1.55 bits per heavy atom. The van der Waals surface area contributed by atoms with Crippen LogP contribution in [0.5, 0.6) is 0 Å². The van der Waals surface area contributed by atoms with Crippen molar-refractivity contribution in [1.29, 1.82) is 0 Å². The van der Waals surface area contributed by atoms with Crippen LogP contribution in [0.3, 0.4) is 0 Å². The minimum atomic E-state index is 0.835. The van der Waals surface area contributed by atoms with E-state index in [1.165, 1.54) is 38.8 Å². The fourth-order valence-corrected chi connectivity index (χ4v) is 2.81. The predicted octanol–water partition coefficient (Wildman–Crippen LogP) is 2.13. The van der Waals surface area contributed by atoms with Gasteiger partial charge in [0.2, 0.25) is 0 Å². The fraction of sp³-hybridized carbons (Fsp3) is 1.00. The number of fused-ring (bicyclic) bond motifs is 1. The van der Waals surface area contributed by atoms with E-state index in [-0.39, 0.29) is 0 Å². The standard InChI is InChI=1S/C10H19N/c1-3-4-10-5-6-11(2)8-9(10)7-10/h9H,3-8H2,1-2H3. The van der Waals surface area contributed by atoms with Gasteiger partial charge in [-0.1, -0.05) is 13.3 Å². The van der Waals surface area contributed by atoms with Crippen molar-refractivity contribution in [3.05, 3.63) is 0 Å². The molecule has 2 unspecified atom stereocenters. The second kappa shape index (κ2) is 2.48. The molecule has 1 aliphatic carbocycles. The van der Waals surface area contributed by atoms with Gasteiger partial charge < -0.3 is 4.90 Å². The van der Waals surface area contributed by atoms with Crippen molar-refractivity contribution in [3.63, 3.8) is 0 Å². The molecule has 2 fully saturated rings. The van der Waals surface area contributed by atoms with E-state index < -0.39 is 0 Å². The summed E-state index contributed by atoms with van der Waals surface area (Å²) in [6.07, 6.45) is 5.89. The van der Waals surface area contributed by atoms with Crippen LogP contribution in [-0.2, 0) is 0 Å². The third-order valence-electron chi connectivity index (χ3n) is 3.63. The van der Waals surface area contributed by atoms with Gasteiger partial charge >= 0.3 is 0 Å².